The maximum atomic E-state index is 9.01. The minimum absolute atomic E-state index is 0.392. The molecule has 1 atom stereocenters. The number of pyridine rings is 1. The van der Waals surface area contributed by atoms with Crippen LogP contribution in [0.4, 0.5) is 0 Å². The molecule has 0 saturated carbocycles. The zero-order valence-corrected chi connectivity index (χ0v) is 10.4. The molecule has 0 aliphatic carbocycles. The van der Waals surface area contributed by atoms with Crippen molar-refractivity contribution < 1.29 is 0 Å². The zero-order valence-electron chi connectivity index (χ0n) is 8.83. The first-order valence-electron chi connectivity index (χ1n) is 4.77. The van der Waals surface area contributed by atoms with Crippen LogP contribution in [0, 0.1) is 18.3 Å². The second-order valence-corrected chi connectivity index (χ2v) is 5.13. The molecule has 2 nitrogen and oxygen atoms in total. The lowest BCUT2D eigenvalue weighted by Crippen LogP contribution is -1.99. The van der Waals surface area contributed by atoms with Crippen molar-refractivity contribution in [1.29, 1.82) is 5.26 Å². The molecule has 4 heteroatoms. The van der Waals surface area contributed by atoms with Crippen LogP contribution >= 0.6 is 23.4 Å². The third-order valence-electron chi connectivity index (χ3n) is 2.06. The summed E-state index contributed by atoms with van der Waals surface area (Å²) >= 11 is 7.28. The molecule has 1 aromatic rings. The molecule has 1 rings (SSSR count). The lowest BCUT2D eigenvalue weighted by atomic mass is 10.2. The first-order chi connectivity index (χ1) is 7.19. The molecule has 0 N–H and O–H groups in total. The monoisotopic (exact) mass is 240 g/mol. The van der Waals surface area contributed by atoms with Crippen molar-refractivity contribution in [2.24, 2.45) is 0 Å². The molecule has 0 saturated heterocycles. The Labute approximate surface area is 99.7 Å². The van der Waals surface area contributed by atoms with Crippen LogP contribution < -0.4 is 0 Å². The summed E-state index contributed by atoms with van der Waals surface area (Å²) in [6, 6.07) is 4.05. The fraction of sp³-hybridized carbons (Fsp3) is 0.455. The van der Waals surface area contributed by atoms with Crippen molar-refractivity contribution >= 4 is 23.4 Å². The number of hydrogen-bond donors (Lipinski definition) is 0. The Morgan fingerprint density at radius 3 is 3.00 bits per heavy atom. The van der Waals surface area contributed by atoms with Crippen LogP contribution in [0.5, 0.6) is 0 Å². The Morgan fingerprint density at radius 1 is 1.67 bits per heavy atom. The van der Waals surface area contributed by atoms with Gasteiger partial charge in [0.25, 0.3) is 0 Å². The standard InChI is InChI=1S/C11H13ClN2S/c1-8-4-6-14-11(10(8)7-13)15-9(2)3-5-12/h4,6,9H,3,5H2,1-2H3. The smallest absolute Gasteiger partial charge is 0.114 e. The number of aromatic nitrogens is 1. The molecule has 0 fully saturated rings. The highest BCUT2D eigenvalue weighted by molar-refractivity contribution is 7.99. The topological polar surface area (TPSA) is 36.7 Å². The highest BCUT2D eigenvalue weighted by atomic mass is 35.5. The molecule has 0 aliphatic rings. The number of nitriles is 1. The summed E-state index contributed by atoms with van der Waals surface area (Å²) in [4.78, 5) is 4.23. The number of alkyl halides is 1. The molecule has 1 aromatic heterocycles. The van der Waals surface area contributed by atoms with E-state index in [-0.39, 0.29) is 0 Å². The van der Waals surface area contributed by atoms with Gasteiger partial charge in [-0.25, -0.2) is 4.98 Å². The Balaban J connectivity index is 2.86. The van der Waals surface area contributed by atoms with E-state index in [4.69, 9.17) is 16.9 Å². The van der Waals surface area contributed by atoms with Gasteiger partial charge in [-0.2, -0.15) is 5.26 Å². The molecular formula is C11H13ClN2S. The Bertz CT molecular complexity index is 373. The summed E-state index contributed by atoms with van der Waals surface area (Å²) in [6.07, 6.45) is 2.67. The van der Waals surface area contributed by atoms with E-state index in [1.54, 1.807) is 18.0 Å². The highest BCUT2D eigenvalue weighted by Crippen LogP contribution is 2.27. The minimum atomic E-state index is 0.392. The lowest BCUT2D eigenvalue weighted by molar-refractivity contribution is 0.906. The van der Waals surface area contributed by atoms with E-state index < -0.39 is 0 Å². The average Bonchev–Trinajstić information content (AvgIpc) is 2.18. The molecule has 0 radical (unpaired) electrons. The van der Waals surface area contributed by atoms with Crippen LogP contribution in [0.25, 0.3) is 0 Å². The predicted octanol–water partition coefficient (Wildman–Crippen LogP) is 3.37. The molecule has 0 spiro atoms. The van der Waals surface area contributed by atoms with Gasteiger partial charge >= 0.3 is 0 Å². The van der Waals surface area contributed by atoms with Crippen molar-refractivity contribution in [2.45, 2.75) is 30.5 Å². The lowest BCUT2D eigenvalue weighted by Gasteiger charge is -2.10. The van der Waals surface area contributed by atoms with Gasteiger partial charge in [-0.05, 0) is 25.0 Å². The molecular weight excluding hydrogens is 228 g/mol. The fourth-order valence-electron chi connectivity index (χ4n) is 1.16. The molecule has 15 heavy (non-hydrogen) atoms. The third kappa shape index (κ3) is 3.40. The molecule has 80 valence electrons. The van der Waals surface area contributed by atoms with Crippen LogP contribution in [0.1, 0.15) is 24.5 Å². The van der Waals surface area contributed by atoms with Crippen molar-refractivity contribution in [3.05, 3.63) is 23.4 Å². The highest BCUT2D eigenvalue weighted by Gasteiger charge is 2.10. The van der Waals surface area contributed by atoms with Crippen LogP contribution in [0.3, 0.4) is 0 Å². The number of halogens is 1. The molecule has 1 heterocycles. The summed E-state index contributed by atoms with van der Waals surface area (Å²) in [5.41, 5.74) is 1.66. The maximum absolute atomic E-state index is 9.01. The molecule has 0 bridgehead atoms. The van der Waals surface area contributed by atoms with Crippen LogP contribution in [-0.2, 0) is 0 Å². The summed E-state index contributed by atoms with van der Waals surface area (Å²) in [5.74, 6) is 0.641. The first-order valence-corrected chi connectivity index (χ1v) is 6.18. The minimum Gasteiger partial charge on any atom is -0.249 e. The second-order valence-electron chi connectivity index (χ2n) is 3.33. The number of nitrogens with zero attached hydrogens (tertiary/aromatic N) is 2. The summed E-state index contributed by atoms with van der Waals surface area (Å²) in [5, 5.41) is 10.2. The van der Waals surface area contributed by atoms with Crippen molar-refractivity contribution in [1.82, 2.24) is 4.98 Å². The number of hydrogen-bond acceptors (Lipinski definition) is 3. The maximum Gasteiger partial charge on any atom is 0.114 e. The van der Waals surface area contributed by atoms with Crippen molar-refractivity contribution in [2.75, 3.05) is 5.88 Å². The third-order valence-corrected chi connectivity index (χ3v) is 3.45. The SMILES string of the molecule is Cc1ccnc(SC(C)CCCl)c1C#N. The molecule has 0 amide bonds. The average molecular weight is 241 g/mol. The Morgan fingerprint density at radius 2 is 2.40 bits per heavy atom. The summed E-state index contributed by atoms with van der Waals surface area (Å²) in [6.45, 7) is 4.02. The van der Waals surface area contributed by atoms with Gasteiger partial charge in [0.1, 0.15) is 11.1 Å². The molecule has 0 aliphatic heterocycles. The van der Waals surface area contributed by atoms with E-state index >= 15 is 0 Å². The largest absolute Gasteiger partial charge is 0.249 e. The first kappa shape index (κ1) is 12.4. The summed E-state index contributed by atoms with van der Waals surface area (Å²) in [7, 11) is 0. The van der Waals surface area contributed by atoms with Crippen LogP contribution in [-0.4, -0.2) is 16.1 Å². The number of thioether (sulfide) groups is 1. The Hall–Kier alpha value is -0.720. The van der Waals surface area contributed by atoms with Gasteiger partial charge in [0.2, 0.25) is 0 Å². The molecule has 1 unspecified atom stereocenters. The normalized spacial score (nSPS) is 12.1. The zero-order chi connectivity index (χ0) is 11.3. The predicted molar refractivity (Wildman–Crippen MR) is 64.3 cm³/mol. The van der Waals surface area contributed by atoms with Crippen molar-refractivity contribution in [3.63, 3.8) is 0 Å². The quantitative estimate of drug-likeness (QED) is 0.598. The molecule has 0 aromatic carbocycles. The van der Waals surface area contributed by atoms with E-state index in [9.17, 15) is 0 Å². The van der Waals surface area contributed by atoms with Gasteiger partial charge in [0.05, 0.1) is 5.56 Å². The van der Waals surface area contributed by atoms with Gasteiger partial charge in [-0.15, -0.1) is 23.4 Å². The van der Waals surface area contributed by atoms with E-state index in [2.05, 4.69) is 18.0 Å². The van der Waals surface area contributed by atoms with Crippen molar-refractivity contribution in [3.8, 4) is 6.07 Å². The van der Waals surface area contributed by atoms with Gasteiger partial charge in [0, 0.05) is 17.3 Å². The fourth-order valence-corrected chi connectivity index (χ4v) is 2.68. The van der Waals surface area contributed by atoms with Gasteiger partial charge in [-0.1, -0.05) is 6.92 Å². The van der Waals surface area contributed by atoms with E-state index in [1.807, 2.05) is 13.0 Å². The van der Waals surface area contributed by atoms with Gasteiger partial charge in [0.15, 0.2) is 0 Å². The number of rotatable bonds is 4. The Kier molecular flexibility index (Phi) is 4.93. The summed E-state index contributed by atoms with van der Waals surface area (Å²) < 4.78 is 0. The van der Waals surface area contributed by atoms with Crippen LogP contribution in [0.2, 0.25) is 0 Å². The second kappa shape index (κ2) is 5.99. The van der Waals surface area contributed by atoms with E-state index in [1.165, 1.54) is 0 Å². The van der Waals surface area contributed by atoms with E-state index in [0.29, 0.717) is 16.7 Å². The van der Waals surface area contributed by atoms with E-state index in [0.717, 1.165) is 17.0 Å². The van der Waals surface area contributed by atoms with Crippen LogP contribution in [0.15, 0.2) is 17.3 Å². The van der Waals surface area contributed by atoms with Gasteiger partial charge < -0.3 is 0 Å². The van der Waals surface area contributed by atoms with Gasteiger partial charge in [-0.3, -0.25) is 0 Å². The number of aryl methyl sites for hydroxylation is 1.